The van der Waals surface area contributed by atoms with Gasteiger partial charge in [-0.05, 0) is 46.2 Å². The van der Waals surface area contributed by atoms with Gasteiger partial charge in [0.15, 0.2) is 0 Å². The lowest BCUT2D eigenvalue weighted by Gasteiger charge is -2.28. The fourth-order valence-electron chi connectivity index (χ4n) is 1.79. The molecule has 1 unspecified atom stereocenters. The minimum atomic E-state index is -4.10. The fourth-order valence-corrected chi connectivity index (χ4v) is 1.79. The van der Waals surface area contributed by atoms with E-state index in [9.17, 15) is 13.2 Å². The van der Waals surface area contributed by atoms with Gasteiger partial charge in [-0.3, -0.25) is 4.90 Å². The van der Waals surface area contributed by atoms with Crippen molar-refractivity contribution in [1.82, 2.24) is 10.2 Å². The number of halogens is 3. The Morgan fingerprint density at radius 1 is 1.17 bits per heavy atom. The Balaban J connectivity index is 4.15. The van der Waals surface area contributed by atoms with Crippen molar-refractivity contribution in [2.45, 2.75) is 52.8 Å². The highest BCUT2D eigenvalue weighted by molar-refractivity contribution is 4.74. The quantitative estimate of drug-likeness (QED) is 0.762. The number of alkyl halides is 3. The van der Waals surface area contributed by atoms with E-state index < -0.39 is 12.7 Å². The molecule has 0 heterocycles. The van der Waals surface area contributed by atoms with Gasteiger partial charge in [-0.15, -0.1) is 0 Å². The number of nitrogens with one attached hydrogen (secondary N) is 1. The van der Waals surface area contributed by atoms with E-state index in [-0.39, 0.29) is 11.5 Å². The van der Waals surface area contributed by atoms with Crippen LogP contribution in [0.2, 0.25) is 0 Å². The van der Waals surface area contributed by atoms with Crippen molar-refractivity contribution < 1.29 is 13.2 Å². The highest BCUT2D eigenvalue weighted by Gasteiger charge is 2.30. The Bertz CT molecular complexity index is 221. The lowest BCUT2D eigenvalue weighted by atomic mass is 10.1. The highest BCUT2D eigenvalue weighted by atomic mass is 19.4. The van der Waals surface area contributed by atoms with Crippen molar-refractivity contribution in [2.75, 3.05) is 26.2 Å². The van der Waals surface area contributed by atoms with Crippen LogP contribution in [0, 0.1) is 5.92 Å². The summed E-state index contributed by atoms with van der Waals surface area (Å²) in [5.41, 5.74) is 0.00781. The van der Waals surface area contributed by atoms with Crippen LogP contribution in [-0.2, 0) is 0 Å². The van der Waals surface area contributed by atoms with Gasteiger partial charge in [0.1, 0.15) is 0 Å². The van der Waals surface area contributed by atoms with Gasteiger partial charge >= 0.3 is 6.18 Å². The van der Waals surface area contributed by atoms with Crippen LogP contribution < -0.4 is 5.32 Å². The summed E-state index contributed by atoms with van der Waals surface area (Å²) in [7, 11) is 0. The molecule has 0 aromatic carbocycles. The molecular weight excluding hydrogens is 241 g/mol. The molecule has 5 heteroatoms. The van der Waals surface area contributed by atoms with Crippen LogP contribution in [0.1, 0.15) is 41.0 Å². The van der Waals surface area contributed by atoms with Crippen LogP contribution in [0.25, 0.3) is 0 Å². The standard InChI is InChI=1S/C13H27F3N2/c1-6-7-18(10-13(14,15)16)9-11(2)8-17-12(3,4)5/h11,17H,6-10H2,1-5H3. The smallest absolute Gasteiger partial charge is 0.312 e. The molecule has 0 saturated heterocycles. The van der Waals surface area contributed by atoms with Gasteiger partial charge in [0.2, 0.25) is 0 Å². The molecule has 0 rings (SSSR count). The summed E-state index contributed by atoms with van der Waals surface area (Å²) in [6.45, 7) is 11.0. The molecule has 0 spiro atoms. The molecule has 0 aliphatic carbocycles. The second-order valence-electron chi connectivity index (χ2n) is 6.09. The van der Waals surface area contributed by atoms with E-state index in [0.717, 1.165) is 13.0 Å². The maximum absolute atomic E-state index is 12.4. The third-order valence-corrected chi connectivity index (χ3v) is 2.49. The monoisotopic (exact) mass is 268 g/mol. The molecule has 0 bridgehead atoms. The number of nitrogens with zero attached hydrogens (tertiary/aromatic N) is 1. The maximum Gasteiger partial charge on any atom is 0.401 e. The average Bonchev–Trinajstić information content (AvgIpc) is 2.11. The summed E-state index contributed by atoms with van der Waals surface area (Å²) in [6.07, 6.45) is -3.36. The van der Waals surface area contributed by atoms with E-state index in [1.165, 1.54) is 4.90 Å². The summed E-state index contributed by atoms with van der Waals surface area (Å²) in [6, 6.07) is 0. The molecule has 0 aromatic rings. The van der Waals surface area contributed by atoms with Crippen molar-refractivity contribution in [3.8, 4) is 0 Å². The predicted octanol–water partition coefficient (Wildman–Crippen LogP) is 3.28. The molecule has 0 saturated carbocycles. The van der Waals surface area contributed by atoms with Crippen LogP contribution >= 0.6 is 0 Å². The lowest BCUT2D eigenvalue weighted by Crippen LogP contribution is -2.43. The molecule has 110 valence electrons. The maximum atomic E-state index is 12.4. The molecule has 0 amide bonds. The third-order valence-electron chi connectivity index (χ3n) is 2.49. The first-order chi connectivity index (χ1) is 8.03. The lowest BCUT2D eigenvalue weighted by molar-refractivity contribution is -0.147. The number of hydrogen-bond donors (Lipinski definition) is 1. The van der Waals surface area contributed by atoms with Gasteiger partial charge < -0.3 is 5.32 Å². The van der Waals surface area contributed by atoms with E-state index in [0.29, 0.717) is 13.1 Å². The summed E-state index contributed by atoms with van der Waals surface area (Å²) < 4.78 is 37.2. The van der Waals surface area contributed by atoms with Crippen LogP contribution in [0.3, 0.4) is 0 Å². The first kappa shape index (κ1) is 17.7. The van der Waals surface area contributed by atoms with Gasteiger partial charge in [0, 0.05) is 12.1 Å². The topological polar surface area (TPSA) is 15.3 Å². The van der Waals surface area contributed by atoms with Crippen molar-refractivity contribution in [3.05, 3.63) is 0 Å². The zero-order valence-corrected chi connectivity index (χ0v) is 12.2. The molecule has 0 radical (unpaired) electrons. The van der Waals surface area contributed by atoms with E-state index in [1.54, 1.807) is 0 Å². The summed E-state index contributed by atoms with van der Waals surface area (Å²) >= 11 is 0. The minimum absolute atomic E-state index is 0.00781. The van der Waals surface area contributed by atoms with E-state index in [1.807, 2.05) is 13.8 Å². The van der Waals surface area contributed by atoms with Gasteiger partial charge in [0.25, 0.3) is 0 Å². The Hall–Kier alpha value is -0.290. The van der Waals surface area contributed by atoms with Crippen molar-refractivity contribution in [2.24, 2.45) is 5.92 Å². The van der Waals surface area contributed by atoms with Crippen molar-refractivity contribution >= 4 is 0 Å². The van der Waals surface area contributed by atoms with Crippen LogP contribution in [-0.4, -0.2) is 42.8 Å². The second-order valence-corrected chi connectivity index (χ2v) is 6.09. The molecule has 1 atom stereocenters. The van der Waals surface area contributed by atoms with Gasteiger partial charge in [-0.1, -0.05) is 13.8 Å². The number of hydrogen-bond acceptors (Lipinski definition) is 2. The summed E-state index contributed by atoms with van der Waals surface area (Å²) in [5, 5.41) is 3.32. The first-order valence-corrected chi connectivity index (χ1v) is 6.57. The average molecular weight is 268 g/mol. The van der Waals surface area contributed by atoms with E-state index >= 15 is 0 Å². The molecule has 0 aliphatic heterocycles. The van der Waals surface area contributed by atoms with Gasteiger partial charge in [-0.25, -0.2) is 0 Å². The minimum Gasteiger partial charge on any atom is -0.312 e. The molecule has 0 fully saturated rings. The van der Waals surface area contributed by atoms with Crippen LogP contribution in [0.5, 0.6) is 0 Å². The summed E-state index contributed by atoms with van der Waals surface area (Å²) in [5.74, 6) is 0.207. The Labute approximate surface area is 109 Å². The zero-order valence-electron chi connectivity index (χ0n) is 12.2. The first-order valence-electron chi connectivity index (χ1n) is 6.57. The van der Waals surface area contributed by atoms with E-state index in [2.05, 4.69) is 26.1 Å². The SMILES string of the molecule is CCCN(CC(C)CNC(C)(C)C)CC(F)(F)F. The highest BCUT2D eigenvalue weighted by Crippen LogP contribution is 2.17. The fraction of sp³-hybridized carbons (Fsp3) is 1.00. The van der Waals surface area contributed by atoms with Crippen molar-refractivity contribution in [3.63, 3.8) is 0 Å². The predicted molar refractivity (Wildman–Crippen MR) is 69.7 cm³/mol. The van der Waals surface area contributed by atoms with Gasteiger partial charge in [-0.2, -0.15) is 13.2 Å². The van der Waals surface area contributed by atoms with Crippen LogP contribution in [0.4, 0.5) is 13.2 Å². The summed E-state index contributed by atoms with van der Waals surface area (Å²) in [4.78, 5) is 1.50. The molecular formula is C13H27F3N2. The molecule has 1 N–H and O–H groups in total. The third kappa shape index (κ3) is 10.8. The van der Waals surface area contributed by atoms with Crippen molar-refractivity contribution in [1.29, 1.82) is 0 Å². The van der Waals surface area contributed by atoms with Crippen LogP contribution in [0.15, 0.2) is 0 Å². The normalized spacial score (nSPS) is 15.2. The Morgan fingerprint density at radius 2 is 1.72 bits per heavy atom. The largest absolute Gasteiger partial charge is 0.401 e. The molecule has 0 aliphatic rings. The second kappa shape index (κ2) is 7.34. The zero-order chi connectivity index (χ0) is 14.4. The Morgan fingerprint density at radius 3 is 2.11 bits per heavy atom. The van der Waals surface area contributed by atoms with Gasteiger partial charge in [0.05, 0.1) is 6.54 Å². The molecule has 2 nitrogen and oxygen atoms in total. The number of rotatable bonds is 7. The Kier molecular flexibility index (Phi) is 7.22. The molecule has 18 heavy (non-hydrogen) atoms. The van der Waals surface area contributed by atoms with E-state index in [4.69, 9.17) is 0 Å². The molecule has 0 aromatic heterocycles.